The number of rotatable bonds is 4. The number of para-hydroxylation sites is 1. The van der Waals surface area contributed by atoms with Gasteiger partial charge in [-0.25, -0.2) is 8.42 Å². The third kappa shape index (κ3) is 2.98. The molecular formula is C20H20N2O4S. The number of carbonyl (C=O) groups excluding carboxylic acids is 1. The summed E-state index contributed by atoms with van der Waals surface area (Å²) in [4.78, 5) is 14.9. The molecule has 4 rings (SSSR count). The van der Waals surface area contributed by atoms with Gasteiger partial charge < -0.3 is 15.0 Å². The molecule has 6 nitrogen and oxygen atoms in total. The summed E-state index contributed by atoms with van der Waals surface area (Å²) in [5.41, 5.74) is 2.09. The van der Waals surface area contributed by atoms with Gasteiger partial charge >= 0.3 is 0 Å². The molecule has 0 aromatic heterocycles. The van der Waals surface area contributed by atoms with Crippen molar-refractivity contribution in [2.75, 3.05) is 18.6 Å². The minimum absolute atomic E-state index is 0.124. The van der Waals surface area contributed by atoms with Crippen molar-refractivity contribution in [1.82, 2.24) is 5.32 Å². The highest BCUT2D eigenvalue weighted by atomic mass is 32.2. The van der Waals surface area contributed by atoms with Gasteiger partial charge in [-0.05, 0) is 42.7 Å². The van der Waals surface area contributed by atoms with Crippen molar-refractivity contribution in [3.63, 3.8) is 0 Å². The number of methoxy groups -OCH3 is 1. The maximum Gasteiger partial charge on any atom is 0.265 e. The molecule has 0 unspecified atom stereocenters. The molecule has 1 N–H and O–H groups in total. The number of sulfone groups is 1. The standard InChI is InChI=1S/C20H20N2O4S/c1-26-15-7-4-6-14(12-15)13-21-20(23)19-17-9-5-11-22(17)16-8-2-3-10-18(16)27(19,24)25/h2-4,6-8,10,12H,5,9,11,13H2,1H3,(H,21,23). The highest BCUT2D eigenvalue weighted by Gasteiger charge is 2.41. The van der Waals surface area contributed by atoms with Crippen molar-refractivity contribution in [1.29, 1.82) is 0 Å². The summed E-state index contributed by atoms with van der Waals surface area (Å²) in [5.74, 6) is 0.124. The smallest absolute Gasteiger partial charge is 0.265 e. The molecule has 27 heavy (non-hydrogen) atoms. The van der Waals surface area contributed by atoms with Gasteiger partial charge in [0.2, 0.25) is 9.84 Å². The fourth-order valence-corrected chi connectivity index (χ4v) is 5.42. The van der Waals surface area contributed by atoms with E-state index in [0.29, 0.717) is 30.1 Å². The van der Waals surface area contributed by atoms with Crippen LogP contribution in [0.15, 0.2) is 64.0 Å². The molecular weight excluding hydrogens is 364 g/mol. The number of carbonyl (C=O) groups is 1. The lowest BCUT2D eigenvalue weighted by molar-refractivity contribution is -0.117. The predicted molar refractivity (Wildman–Crippen MR) is 102 cm³/mol. The molecule has 0 aliphatic carbocycles. The van der Waals surface area contributed by atoms with Crippen LogP contribution in [0.1, 0.15) is 18.4 Å². The summed E-state index contributed by atoms with van der Waals surface area (Å²) in [6.45, 7) is 0.943. The molecule has 140 valence electrons. The number of nitrogens with one attached hydrogen (secondary N) is 1. The lowest BCUT2D eigenvalue weighted by atomic mass is 10.2. The van der Waals surface area contributed by atoms with Crippen molar-refractivity contribution in [3.8, 4) is 5.75 Å². The largest absolute Gasteiger partial charge is 0.497 e. The van der Waals surface area contributed by atoms with Crippen LogP contribution in [0.2, 0.25) is 0 Å². The van der Waals surface area contributed by atoms with Gasteiger partial charge in [0.05, 0.1) is 17.7 Å². The summed E-state index contributed by atoms with van der Waals surface area (Å²) in [6.07, 6.45) is 1.40. The van der Waals surface area contributed by atoms with Crippen molar-refractivity contribution >= 4 is 21.4 Å². The van der Waals surface area contributed by atoms with Crippen LogP contribution >= 0.6 is 0 Å². The molecule has 0 saturated carbocycles. The second-order valence-electron chi connectivity index (χ2n) is 6.54. The highest BCUT2D eigenvalue weighted by molar-refractivity contribution is 7.96. The van der Waals surface area contributed by atoms with Crippen molar-refractivity contribution in [2.24, 2.45) is 0 Å². The van der Waals surface area contributed by atoms with E-state index in [1.165, 1.54) is 0 Å². The second-order valence-corrected chi connectivity index (χ2v) is 8.39. The fourth-order valence-electron chi connectivity index (χ4n) is 3.65. The summed E-state index contributed by atoms with van der Waals surface area (Å²) in [5, 5.41) is 2.76. The second kappa shape index (κ2) is 6.74. The Morgan fingerprint density at radius 1 is 1.19 bits per heavy atom. The summed E-state index contributed by atoms with van der Waals surface area (Å²) in [7, 11) is -2.28. The van der Waals surface area contributed by atoms with E-state index in [1.54, 1.807) is 25.3 Å². The van der Waals surface area contributed by atoms with E-state index in [4.69, 9.17) is 4.74 Å². The molecule has 1 amide bonds. The van der Waals surface area contributed by atoms with E-state index in [0.717, 1.165) is 12.0 Å². The van der Waals surface area contributed by atoms with Crippen LogP contribution in [0.3, 0.4) is 0 Å². The Labute approximate surface area is 158 Å². The number of ether oxygens (including phenoxy) is 1. The van der Waals surface area contributed by atoms with Gasteiger partial charge in [0.15, 0.2) is 4.91 Å². The van der Waals surface area contributed by atoms with Crippen LogP contribution in [-0.2, 0) is 21.2 Å². The zero-order valence-corrected chi connectivity index (χ0v) is 15.8. The molecule has 0 spiro atoms. The fraction of sp³-hybridized carbons (Fsp3) is 0.250. The molecule has 7 heteroatoms. The maximum atomic E-state index is 13.1. The van der Waals surface area contributed by atoms with Gasteiger partial charge in [0.1, 0.15) is 5.75 Å². The average molecular weight is 384 g/mol. The number of nitrogens with zero attached hydrogens (tertiary/aromatic N) is 1. The van der Waals surface area contributed by atoms with E-state index in [2.05, 4.69) is 5.32 Å². The lowest BCUT2D eigenvalue weighted by Crippen LogP contribution is -2.35. The zero-order chi connectivity index (χ0) is 19.0. The van der Waals surface area contributed by atoms with Crippen LogP contribution in [0.5, 0.6) is 5.75 Å². The Bertz CT molecular complexity index is 1040. The first-order chi connectivity index (χ1) is 13.0. The monoisotopic (exact) mass is 384 g/mol. The highest BCUT2D eigenvalue weighted by Crippen LogP contribution is 2.43. The Balaban J connectivity index is 1.66. The molecule has 2 aliphatic heterocycles. The van der Waals surface area contributed by atoms with E-state index >= 15 is 0 Å². The molecule has 2 heterocycles. The minimum atomic E-state index is -3.85. The van der Waals surface area contributed by atoms with Crippen molar-refractivity contribution < 1.29 is 17.9 Å². The van der Waals surface area contributed by atoms with Crippen molar-refractivity contribution in [3.05, 3.63) is 64.7 Å². The van der Waals surface area contributed by atoms with E-state index in [1.807, 2.05) is 35.2 Å². The van der Waals surface area contributed by atoms with Gasteiger partial charge in [-0.1, -0.05) is 24.3 Å². The van der Waals surface area contributed by atoms with Gasteiger partial charge in [0.25, 0.3) is 5.91 Å². The molecule has 2 aromatic carbocycles. The Kier molecular flexibility index (Phi) is 4.39. The molecule has 0 bridgehead atoms. The SMILES string of the molecule is COc1cccc(CNC(=O)C2=C3CCCN3c3ccccc3S2(=O)=O)c1. The van der Waals surface area contributed by atoms with Crippen LogP contribution in [0, 0.1) is 0 Å². The Morgan fingerprint density at radius 2 is 2.00 bits per heavy atom. The Hall–Kier alpha value is -2.80. The van der Waals surface area contributed by atoms with Gasteiger partial charge in [0, 0.05) is 18.8 Å². The van der Waals surface area contributed by atoms with Crippen LogP contribution in [0.25, 0.3) is 0 Å². The number of amides is 1. The van der Waals surface area contributed by atoms with Gasteiger partial charge in [-0.3, -0.25) is 4.79 Å². The predicted octanol–water partition coefficient (Wildman–Crippen LogP) is 2.61. The first-order valence-electron chi connectivity index (χ1n) is 8.78. The van der Waals surface area contributed by atoms with E-state index in [9.17, 15) is 13.2 Å². The number of allylic oxidation sites excluding steroid dienone is 1. The topological polar surface area (TPSA) is 75.7 Å². The number of benzene rings is 2. The number of hydrogen-bond donors (Lipinski definition) is 1. The molecule has 2 aliphatic rings. The number of hydrogen-bond acceptors (Lipinski definition) is 5. The van der Waals surface area contributed by atoms with Crippen molar-refractivity contribution in [2.45, 2.75) is 24.3 Å². The first-order valence-corrected chi connectivity index (χ1v) is 10.3. The van der Waals surface area contributed by atoms with Crippen LogP contribution < -0.4 is 15.0 Å². The third-order valence-corrected chi connectivity index (χ3v) is 6.77. The Morgan fingerprint density at radius 3 is 2.81 bits per heavy atom. The summed E-state index contributed by atoms with van der Waals surface area (Å²) < 4.78 is 31.5. The third-order valence-electron chi connectivity index (χ3n) is 4.89. The number of fused-ring (bicyclic) bond motifs is 3. The molecule has 1 saturated heterocycles. The zero-order valence-electron chi connectivity index (χ0n) is 14.9. The molecule has 0 atom stereocenters. The number of anilines is 1. The normalized spacial score (nSPS) is 17.3. The average Bonchev–Trinajstić information content (AvgIpc) is 3.15. The minimum Gasteiger partial charge on any atom is -0.497 e. The van der Waals surface area contributed by atoms with Crippen LogP contribution in [0.4, 0.5) is 5.69 Å². The lowest BCUT2D eigenvalue weighted by Gasteiger charge is -2.29. The molecule has 1 fully saturated rings. The van der Waals surface area contributed by atoms with Gasteiger partial charge in [-0.2, -0.15) is 0 Å². The quantitative estimate of drug-likeness (QED) is 0.877. The maximum absolute atomic E-state index is 13.1. The first kappa shape index (κ1) is 17.6. The van der Waals surface area contributed by atoms with Crippen LogP contribution in [-0.4, -0.2) is 28.0 Å². The summed E-state index contributed by atoms with van der Waals surface area (Å²) in [6, 6.07) is 14.2. The molecule has 0 radical (unpaired) electrons. The summed E-state index contributed by atoms with van der Waals surface area (Å²) >= 11 is 0. The van der Waals surface area contributed by atoms with E-state index in [-0.39, 0.29) is 16.3 Å². The molecule has 2 aromatic rings. The van der Waals surface area contributed by atoms with Gasteiger partial charge in [-0.15, -0.1) is 0 Å². The van der Waals surface area contributed by atoms with E-state index < -0.39 is 15.7 Å².